The summed E-state index contributed by atoms with van der Waals surface area (Å²) in [5.74, 6) is 1.93. The van der Waals surface area contributed by atoms with E-state index in [1.807, 2.05) is 60.7 Å². The normalized spacial score (nSPS) is 11.6. The summed E-state index contributed by atoms with van der Waals surface area (Å²) in [5.41, 5.74) is 13.4. The van der Waals surface area contributed by atoms with Gasteiger partial charge in [0.2, 0.25) is 0 Å². The van der Waals surface area contributed by atoms with Gasteiger partial charge in [0.25, 0.3) is 0 Å². The summed E-state index contributed by atoms with van der Waals surface area (Å²) in [6, 6.07) is 86.7. The second kappa shape index (κ2) is 15.9. The molecule has 0 saturated heterocycles. The molecule has 13 rings (SSSR count). The molecule has 13 aromatic rings. The van der Waals surface area contributed by atoms with Crippen molar-refractivity contribution >= 4 is 54.1 Å². The highest BCUT2D eigenvalue weighted by Gasteiger charge is 2.18. The third-order valence-electron chi connectivity index (χ3n) is 13.2. The Morgan fingerprint density at radius 3 is 1.39 bits per heavy atom. The molecule has 0 N–H and O–H groups in total. The molecule has 0 spiro atoms. The Morgan fingerprint density at radius 1 is 0.239 bits per heavy atom. The first-order valence-corrected chi connectivity index (χ1v) is 22.8. The van der Waals surface area contributed by atoms with Crippen molar-refractivity contribution < 1.29 is 0 Å². The number of hydrogen-bond acceptors (Lipinski definition) is 3. The maximum absolute atomic E-state index is 5.04. The first-order chi connectivity index (χ1) is 33.2. The molecule has 0 aliphatic heterocycles. The Labute approximate surface area is 387 Å². The molecule has 67 heavy (non-hydrogen) atoms. The summed E-state index contributed by atoms with van der Waals surface area (Å²) < 4.78 is 2.40. The van der Waals surface area contributed by atoms with Crippen LogP contribution in [-0.4, -0.2) is 19.5 Å². The van der Waals surface area contributed by atoms with Crippen LogP contribution in [0.4, 0.5) is 0 Å². The van der Waals surface area contributed by atoms with Crippen LogP contribution in [0.25, 0.3) is 127 Å². The second-order valence-corrected chi connectivity index (χ2v) is 17.2. The molecular weight excluding hydrogens is 813 g/mol. The van der Waals surface area contributed by atoms with Gasteiger partial charge in [-0.3, -0.25) is 0 Å². The van der Waals surface area contributed by atoms with Crippen molar-refractivity contribution in [1.29, 1.82) is 0 Å². The molecule has 0 aliphatic rings. The molecule has 0 radical (unpaired) electrons. The van der Waals surface area contributed by atoms with Crippen LogP contribution in [0.15, 0.2) is 243 Å². The monoisotopic (exact) mass is 852 g/mol. The van der Waals surface area contributed by atoms with Crippen molar-refractivity contribution in [3.05, 3.63) is 243 Å². The fourth-order valence-corrected chi connectivity index (χ4v) is 10.1. The summed E-state index contributed by atoms with van der Waals surface area (Å²) in [5, 5.41) is 9.87. The summed E-state index contributed by atoms with van der Waals surface area (Å²) in [4.78, 5) is 15.0. The molecule has 0 unspecified atom stereocenters. The molecule has 2 heterocycles. The van der Waals surface area contributed by atoms with E-state index in [0.29, 0.717) is 17.5 Å². The largest absolute Gasteiger partial charge is 0.309 e. The van der Waals surface area contributed by atoms with E-state index in [9.17, 15) is 0 Å². The van der Waals surface area contributed by atoms with Crippen molar-refractivity contribution in [2.45, 2.75) is 0 Å². The van der Waals surface area contributed by atoms with Crippen LogP contribution in [0, 0.1) is 0 Å². The van der Waals surface area contributed by atoms with Crippen LogP contribution in [0.5, 0.6) is 0 Å². The minimum atomic E-state index is 0.637. The Morgan fingerprint density at radius 2 is 0.687 bits per heavy atom. The average Bonchev–Trinajstić information content (AvgIpc) is 3.75. The lowest BCUT2D eigenvalue weighted by Gasteiger charge is -2.16. The number of nitrogens with zero attached hydrogens (tertiary/aromatic N) is 4. The number of fused-ring (bicyclic) bond motifs is 9. The highest BCUT2D eigenvalue weighted by molar-refractivity contribution is 6.29. The first kappa shape index (κ1) is 38.5. The zero-order valence-corrected chi connectivity index (χ0v) is 36.4. The minimum Gasteiger partial charge on any atom is -0.309 e. The maximum Gasteiger partial charge on any atom is 0.164 e. The lowest BCUT2D eigenvalue weighted by molar-refractivity contribution is 1.07. The van der Waals surface area contributed by atoms with Crippen molar-refractivity contribution in [2.24, 2.45) is 0 Å². The molecule has 0 saturated carbocycles. The second-order valence-electron chi connectivity index (χ2n) is 17.2. The van der Waals surface area contributed by atoms with Gasteiger partial charge in [-0.15, -0.1) is 0 Å². The zero-order valence-electron chi connectivity index (χ0n) is 36.4. The van der Waals surface area contributed by atoms with Crippen molar-refractivity contribution in [2.75, 3.05) is 0 Å². The molecule has 0 aliphatic carbocycles. The molecule has 0 fully saturated rings. The van der Waals surface area contributed by atoms with E-state index in [4.69, 9.17) is 15.0 Å². The molecule has 4 heteroatoms. The smallest absolute Gasteiger partial charge is 0.164 e. The van der Waals surface area contributed by atoms with Gasteiger partial charge in [0, 0.05) is 33.2 Å². The van der Waals surface area contributed by atoms with Crippen LogP contribution in [-0.2, 0) is 0 Å². The predicted molar refractivity (Wildman–Crippen MR) is 279 cm³/mol. The molecule has 312 valence electrons. The van der Waals surface area contributed by atoms with Gasteiger partial charge in [-0.25, -0.2) is 15.0 Å². The average molecular weight is 853 g/mol. The van der Waals surface area contributed by atoms with E-state index >= 15 is 0 Å². The van der Waals surface area contributed by atoms with Crippen LogP contribution in [0.2, 0.25) is 0 Å². The standard InChI is InChI=1S/C63H40N4/c1-4-16-41(17-5-1)42-30-34-49(35-31-42)67-58-29-13-12-26-53(58)57-40-47(33-37-59(57)67)50-27-15-28-54-51-24-10-11-25-52(51)56-39-46(32-36-55(56)60(50)54)45-22-14-23-48(38-45)63-65-61(43-18-6-2-7-19-43)64-62(66-63)44-20-8-3-9-21-44/h1-40H. The SMILES string of the molecule is c1ccc(-c2ccc(-n3c4ccccc4c4cc(-c5cccc6c7ccccc7c7cc(-c8cccc(-c9nc(-c%10ccccc%10)nc(-c%10ccccc%10)n9)c8)ccc7c56)ccc43)cc2)cc1. The first-order valence-electron chi connectivity index (χ1n) is 22.8. The number of para-hydroxylation sites is 1. The molecule has 11 aromatic carbocycles. The lowest BCUT2D eigenvalue weighted by Crippen LogP contribution is -2.00. The van der Waals surface area contributed by atoms with Gasteiger partial charge < -0.3 is 4.57 Å². The Hall–Kier alpha value is -8.99. The number of aromatic nitrogens is 4. The van der Waals surface area contributed by atoms with Gasteiger partial charge in [0.05, 0.1) is 11.0 Å². The quantitative estimate of drug-likeness (QED) is 0.150. The molecule has 2 aromatic heterocycles. The predicted octanol–water partition coefficient (Wildman–Crippen LogP) is 16.4. The summed E-state index contributed by atoms with van der Waals surface area (Å²) in [6.07, 6.45) is 0. The van der Waals surface area contributed by atoms with E-state index in [1.54, 1.807) is 0 Å². The summed E-state index contributed by atoms with van der Waals surface area (Å²) in [7, 11) is 0. The van der Waals surface area contributed by atoms with E-state index < -0.39 is 0 Å². The van der Waals surface area contributed by atoms with Crippen LogP contribution in [0.1, 0.15) is 0 Å². The van der Waals surface area contributed by atoms with Gasteiger partial charge in [0.15, 0.2) is 17.5 Å². The third kappa shape index (κ3) is 6.65. The van der Waals surface area contributed by atoms with E-state index in [1.165, 1.54) is 76.4 Å². The van der Waals surface area contributed by atoms with Gasteiger partial charge in [-0.1, -0.05) is 200 Å². The number of benzene rings is 11. The van der Waals surface area contributed by atoms with Crippen LogP contribution >= 0.6 is 0 Å². The molecule has 0 amide bonds. The van der Waals surface area contributed by atoms with E-state index in [-0.39, 0.29) is 0 Å². The Bertz CT molecular complexity index is 3950. The van der Waals surface area contributed by atoms with Crippen molar-refractivity contribution in [3.8, 4) is 73.2 Å². The van der Waals surface area contributed by atoms with Gasteiger partial charge >= 0.3 is 0 Å². The van der Waals surface area contributed by atoms with Gasteiger partial charge in [-0.2, -0.15) is 0 Å². The topological polar surface area (TPSA) is 43.6 Å². The van der Waals surface area contributed by atoms with E-state index in [0.717, 1.165) is 33.5 Å². The molecular formula is C63H40N4. The van der Waals surface area contributed by atoms with Gasteiger partial charge in [0.1, 0.15) is 0 Å². The third-order valence-corrected chi connectivity index (χ3v) is 13.2. The minimum absolute atomic E-state index is 0.637. The zero-order chi connectivity index (χ0) is 44.3. The van der Waals surface area contributed by atoms with Crippen molar-refractivity contribution in [3.63, 3.8) is 0 Å². The lowest BCUT2D eigenvalue weighted by atomic mass is 9.88. The fourth-order valence-electron chi connectivity index (χ4n) is 10.1. The molecule has 4 nitrogen and oxygen atoms in total. The number of rotatable bonds is 7. The molecule has 0 bridgehead atoms. The fraction of sp³-hybridized carbons (Fsp3) is 0. The van der Waals surface area contributed by atoms with Crippen molar-refractivity contribution in [1.82, 2.24) is 19.5 Å². The summed E-state index contributed by atoms with van der Waals surface area (Å²) in [6.45, 7) is 0. The van der Waals surface area contributed by atoms with E-state index in [2.05, 4.69) is 187 Å². The van der Waals surface area contributed by atoms with Gasteiger partial charge in [-0.05, 0) is 108 Å². The summed E-state index contributed by atoms with van der Waals surface area (Å²) >= 11 is 0. The Balaban J connectivity index is 0.946. The van der Waals surface area contributed by atoms with Crippen LogP contribution in [0.3, 0.4) is 0 Å². The van der Waals surface area contributed by atoms with Crippen LogP contribution < -0.4 is 0 Å². The highest BCUT2D eigenvalue weighted by atomic mass is 15.0. The highest BCUT2D eigenvalue weighted by Crippen LogP contribution is 2.43. The molecule has 0 atom stereocenters. The maximum atomic E-state index is 5.04. The Kier molecular flexibility index (Phi) is 9.14. The number of hydrogen-bond donors (Lipinski definition) is 0.